The summed E-state index contributed by atoms with van der Waals surface area (Å²) in [7, 11) is 1.49. The van der Waals surface area contributed by atoms with E-state index < -0.39 is 42.1 Å². The lowest BCUT2D eigenvalue weighted by Crippen LogP contribution is -2.45. The average molecular weight is 639 g/mol. The van der Waals surface area contributed by atoms with Crippen molar-refractivity contribution >= 4 is 23.5 Å². The summed E-state index contributed by atoms with van der Waals surface area (Å²) in [6.07, 6.45) is 16.2. The standard InChI is InChI=1S/C36H50N2O8/c1-23-14-13-17-27-20-28(39)21-30(34(27)42)38-32(40)22-29(45-4)18-11-6-5-7-12-19-31(24(2)33(23)41)46-36(44)25(3)37-35(43)26-15-9-8-10-16-26/h5-7,11-12,14,18,20-21,24-26,29,31,33,39,41-42H,8-10,13,15-17,19,22H2,1-4H3,(H,37,43)(H,38,40)/b6-5+,12-7+,18-11+,23-14-/t24-,25+,29-,31+,33-/m0/s1. The zero-order valence-corrected chi connectivity index (χ0v) is 27.4. The first-order valence-corrected chi connectivity index (χ1v) is 16.2. The van der Waals surface area contributed by atoms with Crippen molar-refractivity contribution in [1.82, 2.24) is 5.32 Å². The van der Waals surface area contributed by atoms with Crippen molar-refractivity contribution in [3.63, 3.8) is 0 Å². The van der Waals surface area contributed by atoms with Gasteiger partial charge in [-0.2, -0.15) is 0 Å². The number of aliphatic hydroxyl groups excluding tert-OH is 1. The van der Waals surface area contributed by atoms with Crippen molar-refractivity contribution in [2.75, 3.05) is 12.4 Å². The largest absolute Gasteiger partial charge is 0.508 e. The number of nitrogens with one attached hydrogen (secondary N) is 2. The molecule has 5 atom stereocenters. The monoisotopic (exact) mass is 638 g/mol. The van der Waals surface area contributed by atoms with Gasteiger partial charge in [0.15, 0.2) is 0 Å². The number of hydrogen-bond donors (Lipinski definition) is 5. The molecule has 1 aliphatic heterocycles. The number of phenolic OH excluding ortho intramolecular Hbond substituents is 2. The van der Waals surface area contributed by atoms with Crippen LogP contribution in [0.5, 0.6) is 11.5 Å². The highest BCUT2D eigenvalue weighted by Crippen LogP contribution is 2.34. The van der Waals surface area contributed by atoms with Crippen molar-refractivity contribution in [2.24, 2.45) is 11.8 Å². The van der Waals surface area contributed by atoms with Gasteiger partial charge in [0, 0.05) is 31.4 Å². The number of esters is 1. The number of carbonyl (C=O) groups is 3. The number of allylic oxidation sites excluding steroid dienone is 5. The van der Waals surface area contributed by atoms with E-state index in [0.29, 0.717) is 30.4 Å². The summed E-state index contributed by atoms with van der Waals surface area (Å²) >= 11 is 0. The quantitative estimate of drug-likeness (QED) is 0.125. The Balaban J connectivity index is 1.82. The molecule has 0 radical (unpaired) electrons. The van der Waals surface area contributed by atoms with Crippen molar-refractivity contribution in [3.8, 4) is 11.5 Å². The molecule has 10 heteroatoms. The Labute approximate surface area is 272 Å². The number of phenols is 2. The normalized spacial score (nSPS) is 27.8. The van der Waals surface area contributed by atoms with Crippen molar-refractivity contribution < 1.29 is 39.2 Å². The number of aliphatic hydroxyl groups is 1. The van der Waals surface area contributed by atoms with Gasteiger partial charge in [-0.15, -0.1) is 0 Å². The minimum absolute atomic E-state index is 0.00853. The number of methoxy groups -OCH3 is 1. The first-order chi connectivity index (χ1) is 22.0. The number of aromatic hydroxyl groups is 2. The summed E-state index contributed by atoms with van der Waals surface area (Å²) in [5.41, 5.74) is 1.19. The van der Waals surface area contributed by atoms with Crippen LogP contribution >= 0.6 is 0 Å². The minimum atomic E-state index is -0.940. The first-order valence-electron chi connectivity index (χ1n) is 16.2. The summed E-state index contributed by atoms with van der Waals surface area (Å²) in [6.45, 7) is 5.22. The molecular formula is C36H50N2O8. The summed E-state index contributed by atoms with van der Waals surface area (Å²) in [5.74, 6) is -1.90. The van der Waals surface area contributed by atoms with E-state index in [0.717, 1.165) is 32.1 Å². The molecule has 1 saturated carbocycles. The number of rotatable bonds is 5. The number of fused-ring (bicyclic) bond motifs is 2. The van der Waals surface area contributed by atoms with E-state index in [-0.39, 0.29) is 35.4 Å². The molecule has 0 saturated heterocycles. The molecule has 1 heterocycles. The van der Waals surface area contributed by atoms with Crippen molar-refractivity contribution in [3.05, 3.63) is 65.8 Å². The molecule has 252 valence electrons. The molecule has 5 N–H and O–H groups in total. The van der Waals surface area contributed by atoms with Crippen LogP contribution in [-0.4, -0.2) is 64.6 Å². The second-order valence-electron chi connectivity index (χ2n) is 12.3. The third kappa shape index (κ3) is 11.2. The van der Waals surface area contributed by atoms with Crippen LogP contribution < -0.4 is 10.6 Å². The zero-order valence-electron chi connectivity index (χ0n) is 27.4. The second-order valence-corrected chi connectivity index (χ2v) is 12.3. The SMILES string of the molecule is CO[C@H]1/C=C/C=C/C=C/C[C@@H](OC(=O)[C@@H](C)NC(=O)C2CCCCC2)[C@H](C)[C@@H](O)/C(C)=C\CCc2cc(O)cc(c2O)NC(=O)C1. The maximum absolute atomic E-state index is 13.1. The summed E-state index contributed by atoms with van der Waals surface area (Å²) < 4.78 is 11.3. The van der Waals surface area contributed by atoms with Crippen molar-refractivity contribution in [2.45, 2.75) is 103 Å². The van der Waals surface area contributed by atoms with E-state index in [1.54, 1.807) is 44.2 Å². The number of hydrogen-bond acceptors (Lipinski definition) is 8. The molecule has 1 aliphatic carbocycles. The lowest BCUT2D eigenvalue weighted by atomic mass is 9.88. The van der Waals surface area contributed by atoms with Gasteiger partial charge in [0.2, 0.25) is 11.8 Å². The van der Waals surface area contributed by atoms with Gasteiger partial charge in [0.05, 0.1) is 24.3 Å². The molecule has 0 aromatic heterocycles. The number of benzene rings is 1. The van der Waals surface area contributed by atoms with Crippen LogP contribution in [0.15, 0.2) is 60.2 Å². The summed E-state index contributed by atoms with van der Waals surface area (Å²) in [4.78, 5) is 38.6. The number of anilines is 1. The number of carbonyl (C=O) groups excluding carboxylic acids is 3. The zero-order chi connectivity index (χ0) is 33.6. The van der Waals surface area contributed by atoms with Gasteiger partial charge in [-0.25, -0.2) is 4.79 Å². The van der Waals surface area contributed by atoms with Crippen LogP contribution in [0.2, 0.25) is 0 Å². The Hall–Kier alpha value is -3.89. The highest BCUT2D eigenvalue weighted by molar-refractivity contribution is 5.93. The number of amides is 2. The predicted molar refractivity (Wildman–Crippen MR) is 177 cm³/mol. The van der Waals surface area contributed by atoms with Gasteiger partial charge in [-0.3, -0.25) is 9.59 Å². The molecule has 3 rings (SSSR count). The summed E-state index contributed by atoms with van der Waals surface area (Å²) in [5, 5.41) is 37.8. The van der Waals surface area contributed by atoms with Crippen LogP contribution in [0.25, 0.3) is 0 Å². The molecule has 10 nitrogen and oxygen atoms in total. The fourth-order valence-corrected chi connectivity index (χ4v) is 5.76. The number of ether oxygens (including phenoxy) is 2. The first kappa shape index (κ1) is 36.6. The molecule has 2 bridgehead atoms. The Kier molecular flexibility index (Phi) is 14.6. The average Bonchev–Trinajstić information content (AvgIpc) is 3.04. The van der Waals surface area contributed by atoms with Crippen LogP contribution in [-0.2, 0) is 30.3 Å². The summed E-state index contributed by atoms with van der Waals surface area (Å²) in [6, 6.07) is 1.89. The van der Waals surface area contributed by atoms with Gasteiger partial charge in [-0.05, 0) is 56.7 Å². The Morgan fingerprint density at radius 3 is 2.50 bits per heavy atom. The van der Waals surface area contributed by atoms with Gasteiger partial charge >= 0.3 is 5.97 Å². The molecule has 0 spiro atoms. The van der Waals surface area contributed by atoms with E-state index in [1.165, 1.54) is 19.2 Å². The smallest absolute Gasteiger partial charge is 0.328 e. The molecule has 2 amide bonds. The van der Waals surface area contributed by atoms with E-state index >= 15 is 0 Å². The van der Waals surface area contributed by atoms with Crippen LogP contribution in [0.4, 0.5) is 5.69 Å². The van der Waals surface area contributed by atoms with Gasteiger partial charge in [0.1, 0.15) is 23.6 Å². The molecule has 2 aliphatic rings. The second kappa shape index (κ2) is 18.3. The Morgan fingerprint density at radius 1 is 1.07 bits per heavy atom. The highest BCUT2D eigenvalue weighted by atomic mass is 16.5. The lowest BCUT2D eigenvalue weighted by molar-refractivity contribution is -0.156. The van der Waals surface area contributed by atoms with E-state index in [4.69, 9.17) is 9.47 Å². The maximum atomic E-state index is 13.1. The molecule has 1 aromatic rings. The third-order valence-corrected chi connectivity index (χ3v) is 8.69. The van der Waals surface area contributed by atoms with Gasteiger partial charge < -0.3 is 35.4 Å². The molecular weight excluding hydrogens is 588 g/mol. The number of aryl methyl sites for hydroxylation is 1. The van der Waals surface area contributed by atoms with Crippen LogP contribution in [0, 0.1) is 11.8 Å². The van der Waals surface area contributed by atoms with E-state index in [1.807, 2.05) is 19.1 Å². The molecule has 46 heavy (non-hydrogen) atoms. The molecule has 1 fully saturated rings. The third-order valence-electron chi connectivity index (χ3n) is 8.69. The van der Waals surface area contributed by atoms with Crippen LogP contribution in [0.3, 0.4) is 0 Å². The fourth-order valence-electron chi connectivity index (χ4n) is 5.76. The van der Waals surface area contributed by atoms with Crippen LogP contribution in [0.1, 0.15) is 77.7 Å². The van der Waals surface area contributed by atoms with E-state index in [9.17, 15) is 29.7 Å². The lowest BCUT2D eigenvalue weighted by Gasteiger charge is -2.29. The molecule has 1 aromatic carbocycles. The highest BCUT2D eigenvalue weighted by Gasteiger charge is 2.31. The molecule has 0 unspecified atom stereocenters. The Bertz CT molecular complexity index is 1310. The Morgan fingerprint density at radius 2 is 1.78 bits per heavy atom. The minimum Gasteiger partial charge on any atom is -0.508 e. The van der Waals surface area contributed by atoms with Crippen molar-refractivity contribution in [1.29, 1.82) is 0 Å². The van der Waals surface area contributed by atoms with Gasteiger partial charge in [-0.1, -0.05) is 68.7 Å². The fraction of sp³-hybridized carbons (Fsp3) is 0.528. The topological polar surface area (TPSA) is 154 Å². The predicted octanol–water partition coefficient (Wildman–Crippen LogP) is 5.39. The maximum Gasteiger partial charge on any atom is 0.328 e. The van der Waals surface area contributed by atoms with E-state index in [2.05, 4.69) is 10.6 Å². The van der Waals surface area contributed by atoms with Gasteiger partial charge in [0.25, 0.3) is 0 Å².